The van der Waals surface area contributed by atoms with E-state index in [-0.39, 0.29) is 0 Å². The second-order valence-electron chi connectivity index (χ2n) is 4.63. The van der Waals surface area contributed by atoms with Crippen LogP contribution in [0.15, 0.2) is 42.9 Å². The Morgan fingerprint density at radius 1 is 1.00 bits per heavy atom. The van der Waals surface area contributed by atoms with Gasteiger partial charge in [-0.2, -0.15) is 15.0 Å². The molecule has 0 amide bonds. The SMILES string of the molecule is c1ccc2nc(N3CC(n4nccn4)C3)cnc2c1. The van der Waals surface area contributed by atoms with Gasteiger partial charge in [0, 0.05) is 13.1 Å². The molecule has 0 unspecified atom stereocenters. The van der Waals surface area contributed by atoms with Crippen molar-refractivity contribution in [3.63, 3.8) is 0 Å². The van der Waals surface area contributed by atoms with Crippen molar-refractivity contribution in [1.82, 2.24) is 25.0 Å². The molecule has 1 aliphatic rings. The Hall–Kier alpha value is -2.50. The van der Waals surface area contributed by atoms with Crippen LogP contribution >= 0.6 is 0 Å². The maximum atomic E-state index is 4.63. The van der Waals surface area contributed by atoms with E-state index in [0.29, 0.717) is 6.04 Å². The maximum Gasteiger partial charge on any atom is 0.147 e. The Morgan fingerprint density at radius 2 is 1.74 bits per heavy atom. The van der Waals surface area contributed by atoms with E-state index in [2.05, 4.69) is 25.1 Å². The van der Waals surface area contributed by atoms with Crippen molar-refractivity contribution in [1.29, 1.82) is 0 Å². The van der Waals surface area contributed by atoms with E-state index in [1.807, 2.05) is 30.5 Å². The van der Waals surface area contributed by atoms with Gasteiger partial charge in [-0.05, 0) is 12.1 Å². The second-order valence-corrected chi connectivity index (χ2v) is 4.63. The van der Waals surface area contributed by atoms with Gasteiger partial charge in [0.25, 0.3) is 0 Å². The lowest BCUT2D eigenvalue weighted by Crippen LogP contribution is -2.48. The molecule has 19 heavy (non-hydrogen) atoms. The summed E-state index contributed by atoms with van der Waals surface area (Å²) in [5, 5.41) is 8.32. The summed E-state index contributed by atoms with van der Waals surface area (Å²) in [4.78, 5) is 13.0. The highest BCUT2D eigenvalue weighted by molar-refractivity contribution is 5.75. The Labute approximate surface area is 109 Å². The molecular weight excluding hydrogens is 240 g/mol. The van der Waals surface area contributed by atoms with Crippen molar-refractivity contribution in [2.24, 2.45) is 0 Å². The molecule has 0 atom stereocenters. The molecule has 1 aromatic carbocycles. The number of fused-ring (bicyclic) bond motifs is 1. The van der Waals surface area contributed by atoms with Crippen LogP contribution in [0.3, 0.4) is 0 Å². The van der Waals surface area contributed by atoms with Crippen LogP contribution in [-0.2, 0) is 0 Å². The lowest BCUT2D eigenvalue weighted by atomic mass is 10.1. The van der Waals surface area contributed by atoms with Crippen molar-refractivity contribution in [2.75, 3.05) is 18.0 Å². The number of hydrogen-bond acceptors (Lipinski definition) is 5. The van der Waals surface area contributed by atoms with E-state index in [1.54, 1.807) is 17.2 Å². The molecule has 4 rings (SSSR count). The van der Waals surface area contributed by atoms with Crippen molar-refractivity contribution < 1.29 is 0 Å². The summed E-state index contributed by atoms with van der Waals surface area (Å²) in [5.74, 6) is 0.919. The third kappa shape index (κ3) is 1.72. The summed E-state index contributed by atoms with van der Waals surface area (Å²) in [6.07, 6.45) is 5.24. The second kappa shape index (κ2) is 4.01. The summed E-state index contributed by atoms with van der Waals surface area (Å²) in [7, 11) is 0. The lowest BCUT2D eigenvalue weighted by molar-refractivity contribution is 0.331. The molecule has 6 nitrogen and oxygen atoms in total. The minimum Gasteiger partial charge on any atom is -0.351 e. The molecule has 3 heterocycles. The first-order valence-electron chi connectivity index (χ1n) is 6.23. The fourth-order valence-electron chi connectivity index (χ4n) is 2.30. The molecule has 1 aliphatic heterocycles. The van der Waals surface area contributed by atoms with Gasteiger partial charge in [0.1, 0.15) is 11.9 Å². The summed E-state index contributed by atoms with van der Waals surface area (Å²) in [6.45, 7) is 1.75. The highest BCUT2D eigenvalue weighted by Gasteiger charge is 2.30. The van der Waals surface area contributed by atoms with Crippen molar-refractivity contribution in [2.45, 2.75) is 6.04 Å². The van der Waals surface area contributed by atoms with Crippen LogP contribution in [0.4, 0.5) is 5.82 Å². The zero-order valence-corrected chi connectivity index (χ0v) is 10.2. The van der Waals surface area contributed by atoms with Gasteiger partial charge < -0.3 is 4.90 Å². The minimum absolute atomic E-state index is 0.336. The van der Waals surface area contributed by atoms with Gasteiger partial charge in [0.05, 0.1) is 29.6 Å². The Balaban J connectivity index is 1.56. The quantitative estimate of drug-likeness (QED) is 0.687. The van der Waals surface area contributed by atoms with Gasteiger partial charge in [-0.15, -0.1) is 0 Å². The standard InChI is InChI=1S/C13H12N6/c1-2-4-12-11(3-1)14-7-13(17-12)18-8-10(9-18)19-15-5-6-16-19/h1-7,10H,8-9H2. The maximum absolute atomic E-state index is 4.63. The highest BCUT2D eigenvalue weighted by Crippen LogP contribution is 2.25. The zero-order valence-electron chi connectivity index (χ0n) is 10.2. The predicted octanol–water partition coefficient (Wildman–Crippen LogP) is 1.28. The predicted molar refractivity (Wildman–Crippen MR) is 70.8 cm³/mol. The van der Waals surface area contributed by atoms with E-state index in [4.69, 9.17) is 0 Å². The van der Waals surface area contributed by atoms with Crippen LogP contribution in [0, 0.1) is 0 Å². The van der Waals surface area contributed by atoms with Crippen molar-refractivity contribution >= 4 is 16.9 Å². The smallest absolute Gasteiger partial charge is 0.147 e. The van der Waals surface area contributed by atoms with Crippen LogP contribution in [0.1, 0.15) is 6.04 Å². The van der Waals surface area contributed by atoms with Gasteiger partial charge in [-0.1, -0.05) is 12.1 Å². The molecular formula is C13H12N6. The number of hydrogen-bond donors (Lipinski definition) is 0. The number of benzene rings is 1. The molecule has 0 bridgehead atoms. The molecule has 0 N–H and O–H groups in total. The summed E-state index contributed by atoms with van der Waals surface area (Å²) in [6, 6.07) is 8.24. The minimum atomic E-state index is 0.336. The molecule has 94 valence electrons. The first kappa shape index (κ1) is 10.4. The van der Waals surface area contributed by atoms with Crippen LogP contribution in [0.5, 0.6) is 0 Å². The average Bonchev–Trinajstić information content (AvgIpc) is 2.91. The zero-order chi connectivity index (χ0) is 12.7. The van der Waals surface area contributed by atoms with Crippen molar-refractivity contribution in [3.8, 4) is 0 Å². The van der Waals surface area contributed by atoms with Crippen molar-refractivity contribution in [3.05, 3.63) is 42.9 Å². The fourth-order valence-corrected chi connectivity index (χ4v) is 2.30. The van der Waals surface area contributed by atoms with E-state index >= 15 is 0 Å². The third-order valence-corrected chi connectivity index (χ3v) is 3.39. The molecule has 1 fully saturated rings. The molecule has 0 spiro atoms. The Kier molecular flexibility index (Phi) is 2.20. The molecule has 6 heteroatoms. The monoisotopic (exact) mass is 252 g/mol. The van der Waals surface area contributed by atoms with Crippen LogP contribution in [0.2, 0.25) is 0 Å². The molecule has 0 saturated carbocycles. The number of aromatic nitrogens is 5. The summed E-state index contributed by atoms with van der Waals surface area (Å²) >= 11 is 0. The molecule has 0 aliphatic carbocycles. The summed E-state index contributed by atoms with van der Waals surface area (Å²) < 4.78 is 0. The van der Waals surface area contributed by atoms with E-state index in [0.717, 1.165) is 29.9 Å². The van der Waals surface area contributed by atoms with E-state index in [1.165, 1.54) is 0 Å². The highest BCUT2D eigenvalue weighted by atomic mass is 15.5. The normalized spacial score (nSPS) is 15.7. The summed E-state index contributed by atoms with van der Waals surface area (Å²) in [5.41, 5.74) is 1.86. The third-order valence-electron chi connectivity index (χ3n) is 3.39. The Morgan fingerprint density at radius 3 is 2.53 bits per heavy atom. The average molecular weight is 252 g/mol. The molecule has 0 radical (unpaired) electrons. The van der Waals surface area contributed by atoms with Gasteiger partial charge >= 0.3 is 0 Å². The van der Waals surface area contributed by atoms with Crippen LogP contribution < -0.4 is 4.90 Å². The molecule has 1 saturated heterocycles. The van der Waals surface area contributed by atoms with Crippen LogP contribution in [0.25, 0.3) is 11.0 Å². The topological polar surface area (TPSA) is 59.7 Å². The number of rotatable bonds is 2. The lowest BCUT2D eigenvalue weighted by Gasteiger charge is -2.38. The number of nitrogens with zero attached hydrogens (tertiary/aromatic N) is 6. The van der Waals surface area contributed by atoms with E-state index in [9.17, 15) is 0 Å². The number of para-hydroxylation sites is 2. The fraction of sp³-hybridized carbons (Fsp3) is 0.231. The van der Waals surface area contributed by atoms with Gasteiger partial charge in [-0.25, -0.2) is 4.98 Å². The van der Waals surface area contributed by atoms with Gasteiger partial charge in [0.15, 0.2) is 0 Å². The largest absolute Gasteiger partial charge is 0.351 e. The Bertz CT molecular complexity index is 702. The van der Waals surface area contributed by atoms with E-state index < -0.39 is 0 Å². The van der Waals surface area contributed by atoms with Gasteiger partial charge in [-0.3, -0.25) is 4.98 Å². The first-order valence-corrected chi connectivity index (χ1v) is 6.23. The molecule has 3 aromatic rings. The number of anilines is 1. The molecule has 2 aromatic heterocycles. The first-order chi connectivity index (χ1) is 9.40. The van der Waals surface area contributed by atoms with Gasteiger partial charge in [0.2, 0.25) is 0 Å². The van der Waals surface area contributed by atoms with Crippen LogP contribution in [-0.4, -0.2) is 38.1 Å².